The Morgan fingerprint density at radius 1 is 1.32 bits per heavy atom. The highest BCUT2D eigenvalue weighted by Gasteiger charge is 2.30. The number of aryl methyl sites for hydroxylation is 2. The number of benzene rings is 1. The summed E-state index contributed by atoms with van der Waals surface area (Å²) in [5.41, 5.74) is 3.93. The molecule has 1 unspecified atom stereocenters. The minimum atomic E-state index is 0.00199. The molecule has 160 valence electrons. The zero-order valence-corrected chi connectivity index (χ0v) is 18.6. The van der Waals surface area contributed by atoms with Gasteiger partial charge in [-0.3, -0.25) is 9.20 Å². The third-order valence-corrected chi connectivity index (χ3v) is 6.83. The molecular weight excluding hydrogens is 408 g/mol. The van der Waals surface area contributed by atoms with Crippen molar-refractivity contribution in [2.75, 3.05) is 18.4 Å². The molecule has 0 aliphatic carbocycles. The standard InChI is InChI=1S/C23H26N6OS/c1-3-16-7-4-5-9-18(16)25-23-26-20(22-29(23)11-12-31-22)17-8-6-10-28(13-17)21(30)19-14-27(2)15-24-19/h4-5,7,9,11-12,14-15,17H,3,6,8,10,13H2,1-2H3,(H,25,26). The number of hydrogen-bond acceptors (Lipinski definition) is 5. The molecule has 1 aromatic carbocycles. The summed E-state index contributed by atoms with van der Waals surface area (Å²) in [7, 11) is 1.88. The second-order valence-corrected chi connectivity index (χ2v) is 8.94. The van der Waals surface area contributed by atoms with E-state index < -0.39 is 0 Å². The third kappa shape index (κ3) is 3.72. The second-order valence-electron chi connectivity index (χ2n) is 8.05. The smallest absolute Gasteiger partial charge is 0.274 e. The molecule has 7 nitrogen and oxygen atoms in total. The average Bonchev–Trinajstić information content (AvgIpc) is 3.52. The fraction of sp³-hybridized carbons (Fsp3) is 0.348. The summed E-state index contributed by atoms with van der Waals surface area (Å²) in [4.78, 5) is 25.3. The predicted molar refractivity (Wildman–Crippen MR) is 123 cm³/mol. The molecule has 3 aromatic heterocycles. The molecule has 1 saturated heterocycles. The van der Waals surface area contributed by atoms with Crippen molar-refractivity contribution in [3.8, 4) is 0 Å². The van der Waals surface area contributed by atoms with Crippen LogP contribution >= 0.6 is 11.3 Å². The molecule has 1 amide bonds. The molecule has 0 spiro atoms. The molecule has 4 aromatic rings. The van der Waals surface area contributed by atoms with Crippen LogP contribution in [0.4, 0.5) is 11.6 Å². The van der Waals surface area contributed by atoms with E-state index in [-0.39, 0.29) is 11.8 Å². The van der Waals surface area contributed by atoms with E-state index in [1.165, 1.54) is 5.56 Å². The highest BCUT2D eigenvalue weighted by atomic mass is 32.1. The average molecular weight is 435 g/mol. The van der Waals surface area contributed by atoms with E-state index in [1.54, 1.807) is 23.9 Å². The van der Waals surface area contributed by atoms with Gasteiger partial charge in [0.05, 0.1) is 12.0 Å². The van der Waals surface area contributed by atoms with Crippen LogP contribution in [0.1, 0.15) is 47.4 Å². The van der Waals surface area contributed by atoms with Gasteiger partial charge in [0.25, 0.3) is 5.91 Å². The first-order valence-electron chi connectivity index (χ1n) is 10.7. The highest BCUT2D eigenvalue weighted by molar-refractivity contribution is 7.15. The van der Waals surface area contributed by atoms with Gasteiger partial charge in [-0.1, -0.05) is 25.1 Å². The predicted octanol–water partition coefficient (Wildman–Crippen LogP) is 4.46. The number of anilines is 2. The van der Waals surface area contributed by atoms with E-state index in [0.717, 1.165) is 48.0 Å². The number of likely N-dealkylation sites (tertiary alicyclic amines) is 1. The minimum Gasteiger partial charge on any atom is -0.340 e. The molecule has 0 saturated carbocycles. The van der Waals surface area contributed by atoms with Crippen LogP contribution in [0.3, 0.4) is 0 Å². The first-order chi connectivity index (χ1) is 15.1. The summed E-state index contributed by atoms with van der Waals surface area (Å²) in [6.07, 6.45) is 8.48. The van der Waals surface area contributed by atoms with Crippen molar-refractivity contribution in [3.05, 3.63) is 65.3 Å². The fourth-order valence-electron chi connectivity index (χ4n) is 4.34. The lowest BCUT2D eigenvalue weighted by Gasteiger charge is -2.31. The van der Waals surface area contributed by atoms with Crippen LogP contribution in [-0.4, -0.2) is 42.8 Å². The Bertz CT molecular complexity index is 1220. The SMILES string of the molecule is CCc1ccccc1Nc1nc(C2CCCN(C(=O)c3cn(C)cn3)C2)c2sccn12. The zero-order chi connectivity index (χ0) is 21.4. The first kappa shape index (κ1) is 19.8. The van der Waals surface area contributed by atoms with Gasteiger partial charge in [-0.05, 0) is 30.9 Å². The number of carbonyl (C=O) groups excluding carboxylic acids is 1. The zero-order valence-electron chi connectivity index (χ0n) is 17.8. The number of para-hydroxylation sites is 1. The largest absolute Gasteiger partial charge is 0.340 e. The van der Waals surface area contributed by atoms with Crippen molar-refractivity contribution < 1.29 is 4.79 Å². The van der Waals surface area contributed by atoms with Crippen LogP contribution in [0.15, 0.2) is 48.4 Å². The van der Waals surface area contributed by atoms with Crippen LogP contribution < -0.4 is 5.32 Å². The number of imidazole rings is 2. The van der Waals surface area contributed by atoms with Gasteiger partial charge in [0.15, 0.2) is 0 Å². The van der Waals surface area contributed by atoms with E-state index in [2.05, 4.69) is 51.4 Å². The first-order valence-corrected chi connectivity index (χ1v) is 11.6. The number of fused-ring (bicyclic) bond motifs is 1. The number of piperidine rings is 1. The maximum Gasteiger partial charge on any atom is 0.274 e. The van der Waals surface area contributed by atoms with Gasteiger partial charge in [-0.25, -0.2) is 9.97 Å². The number of thiazole rings is 1. The van der Waals surface area contributed by atoms with Crippen molar-refractivity contribution in [1.82, 2.24) is 23.8 Å². The van der Waals surface area contributed by atoms with Gasteiger partial charge in [0, 0.05) is 49.5 Å². The van der Waals surface area contributed by atoms with Gasteiger partial charge < -0.3 is 14.8 Å². The lowest BCUT2D eigenvalue weighted by atomic mass is 9.95. The minimum absolute atomic E-state index is 0.00199. The molecule has 5 rings (SSSR count). The number of nitrogens with one attached hydrogen (secondary N) is 1. The van der Waals surface area contributed by atoms with Gasteiger partial charge in [0.2, 0.25) is 5.95 Å². The van der Waals surface area contributed by atoms with Crippen LogP contribution in [0.25, 0.3) is 4.83 Å². The Morgan fingerprint density at radius 3 is 3.00 bits per heavy atom. The van der Waals surface area contributed by atoms with Crippen LogP contribution in [0, 0.1) is 0 Å². The summed E-state index contributed by atoms with van der Waals surface area (Å²) in [6, 6.07) is 8.35. The second kappa shape index (κ2) is 8.19. The van der Waals surface area contributed by atoms with Gasteiger partial charge >= 0.3 is 0 Å². The number of carbonyl (C=O) groups is 1. The lowest BCUT2D eigenvalue weighted by molar-refractivity contribution is 0.0701. The monoisotopic (exact) mass is 434 g/mol. The Labute approximate surface area is 185 Å². The van der Waals surface area contributed by atoms with Crippen molar-refractivity contribution in [2.45, 2.75) is 32.1 Å². The van der Waals surface area contributed by atoms with Crippen LogP contribution in [0.2, 0.25) is 0 Å². The van der Waals surface area contributed by atoms with Gasteiger partial charge in [0.1, 0.15) is 10.5 Å². The number of rotatable bonds is 5. The normalized spacial score (nSPS) is 16.7. The number of nitrogens with zero attached hydrogens (tertiary/aromatic N) is 5. The topological polar surface area (TPSA) is 67.5 Å². The van der Waals surface area contributed by atoms with Gasteiger partial charge in [-0.2, -0.15) is 0 Å². The van der Waals surface area contributed by atoms with E-state index in [1.807, 2.05) is 22.6 Å². The summed E-state index contributed by atoms with van der Waals surface area (Å²) < 4.78 is 3.94. The van der Waals surface area contributed by atoms with E-state index in [0.29, 0.717) is 12.2 Å². The Balaban J connectivity index is 1.42. The molecule has 31 heavy (non-hydrogen) atoms. The van der Waals surface area contributed by atoms with Crippen LogP contribution in [0.5, 0.6) is 0 Å². The Morgan fingerprint density at radius 2 is 2.19 bits per heavy atom. The Hall–Kier alpha value is -3.13. The maximum atomic E-state index is 12.9. The van der Waals surface area contributed by atoms with Crippen molar-refractivity contribution in [1.29, 1.82) is 0 Å². The molecule has 1 atom stereocenters. The number of hydrogen-bond donors (Lipinski definition) is 1. The number of aromatic nitrogens is 4. The third-order valence-electron chi connectivity index (χ3n) is 5.95. The molecule has 0 bridgehead atoms. The van der Waals surface area contributed by atoms with Crippen LogP contribution in [-0.2, 0) is 13.5 Å². The van der Waals surface area contributed by atoms with E-state index in [9.17, 15) is 4.79 Å². The summed E-state index contributed by atoms with van der Waals surface area (Å²) >= 11 is 1.70. The van der Waals surface area contributed by atoms with Crippen molar-refractivity contribution in [2.24, 2.45) is 7.05 Å². The Kier molecular flexibility index (Phi) is 5.23. The molecule has 1 N–H and O–H groups in total. The van der Waals surface area contributed by atoms with E-state index in [4.69, 9.17) is 4.98 Å². The molecular formula is C23H26N6OS. The summed E-state index contributed by atoms with van der Waals surface area (Å²) in [6.45, 7) is 3.60. The molecule has 1 aliphatic heterocycles. The number of amides is 1. The molecule has 8 heteroatoms. The lowest BCUT2D eigenvalue weighted by Crippen LogP contribution is -2.39. The molecule has 4 heterocycles. The van der Waals surface area contributed by atoms with E-state index >= 15 is 0 Å². The quantitative estimate of drug-likeness (QED) is 0.504. The molecule has 0 radical (unpaired) electrons. The summed E-state index contributed by atoms with van der Waals surface area (Å²) in [5, 5.41) is 5.63. The maximum absolute atomic E-state index is 12.9. The highest BCUT2D eigenvalue weighted by Crippen LogP contribution is 2.34. The van der Waals surface area contributed by atoms with Crippen molar-refractivity contribution >= 4 is 33.7 Å². The molecule has 1 aliphatic rings. The summed E-state index contributed by atoms with van der Waals surface area (Å²) in [5.74, 6) is 1.05. The van der Waals surface area contributed by atoms with Gasteiger partial charge in [-0.15, -0.1) is 11.3 Å². The molecule has 1 fully saturated rings. The van der Waals surface area contributed by atoms with Crippen molar-refractivity contribution in [3.63, 3.8) is 0 Å². The fourth-order valence-corrected chi connectivity index (χ4v) is 5.25.